The summed E-state index contributed by atoms with van der Waals surface area (Å²) in [6.45, 7) is 5.12. The molecule has 3 rings (SSSR count). The number of nitrogens with zero attached hydrogens (tertiary/aromatic N) is 2. The fourth-order valence-electron chi connectivity index (χ4n) is 2.92. The summed E-state index contributed by atoms with van der Waals surface area (Å²) < 4.78 is 42.0. The number of halogens is 1. The van der Waals surface area contributed by atoms with E-state index in [1.165, 1.54) is 17.0 Å². The number of nitrogens with one attached hydrogen (secondary N) is 1. The molecule has 2 heterocycles. The van der Waals surface area contributed by atoms with Gasteiger partial charge in [-0.2, -0.15) is 0 Å². The van der Waals surface area contributed by atoms with E-state index in [4.69, 9.17) is 4.74 Å². The Balaban J connectivity index is 1.91. The van der Waals surface area contributed by atoms with E-state index in [-0.39, 0.29) is 23.9 Å². The maximum absolute atomic E-state index is 13.4. The van der Waals surface area contributed by atoms with Crippen molar-refractivity contribution in [3.8, 4) is 11.1 Å². The summed E-state index contributed by atoms with van der Waals surface area (Å²) >= 11 is 0. The zero-order valence-corrected chi connectivity index (χ0v) is 18.1. The van der Waals surface area contributed by atoms with Gasteiger partial charge in [0.05, 0.1) is 5.75 Å². The first-order valence-corrected chi connectivity index (χ1v) is 11.4. The molecule has 0 saturated heterocycles. The Bertz CT molecular complexity index is 1170. The summed E-state index contributed by atoms with van der Waals surface area (Å²) in [6, 6.07) is 7.88. The molecule has 0 aliphatic carbocycles. The number of H-pyrrole nitrogens is 1. The van der Waals surface area contributed by atoms with Gasteiger partial charge in [-0.1, -0.05) is 0 Å². The van der Waals surface area contributed by atoms with Crippen molar-refractivity contribution in [3.63, 3.8) is 0 Å². The molecule has 1 aromatic carbocycles. The first kappa shape index (κ1) is 21.8. The van der Waals surface area contributed by atoms with Gasteiger partial charge in [-0.3, -0.25) is 4.90 Å². The molecule has 3 aromatic rings. The minimum absolute atomic E-state index is 0.0769. The molecule has 0 aliphatic rings. The van der Waals surface area contributed by atoms with Crippen LogP contribution in [0.15, 0.2) is 42.7 Å². The number of pyridine rings is 1. The topological polar surface area (TPSA) is 92.4 Å². The number of aromatic amines is 1. The van der Waals surface area contributed by atoms with Crippen LogP contribution in [-0.2, 0) is 14.6 Å². The average Bonchev–Trinajstić information content (AvgIpc) is 3.03. The second kappa shape index (κ2) is 8.06. The molecular formula is C21H24FN3O4S. The molecule has 0 aliphatic heterocycles. The lowest BCUT2D eigenvalue weighted by molar-refractivity contribution is 0.0581. The lowest BCUT2D eigenvalue weighted by Gasteiger charge is -2.26. The predicted octanol–water partition coefficient (Wildman–Crippen LogP) is 4.16. The quantitative estimate of drug-likeness (QED) is 0.652. The molecule has 9 heteroatoms. The average molecular weight is 434 g/mol. The van der Waals surface area contributed by atoms with Gasteiger partial charge in [0.1, 0.15) is 27.1 Å². The summed E-state index contributed by atoms with van der Waals surface area (Å²) in [7, 11) is -3.29. The van der Waals surface area contributed by atoms with Gasteiger partial charge < -0.3 is 9.72 Å². The third-order valence-electron chi connectivity index (χ3n) is 4.28. The molecule has 1 N–H and O–H groups in total. The second-order valence-electron chi connectivity index (χ2n) is 8.06. The van der Waals surface area contributed by atoms with Crippen molar-refractivity contribution >= 4 is 32.7 Å². The normalized spacial score (nSPS) is 12.2. The second-order valence-corrected chi connectivity index (χ2v) is 10.3. The lowest BCUT2D eigenvalue weighted by Crippen LogP contribution is -2.39. The summed E-state index contributed by atoms with van der Waals surface area (Å²) in [6.07, 6.45) is 3.78. The molecule has 0 radical (unpaired) electrons. The lowest BCUT2D eigenvalue weighted by atomic mass is 10.1. The Hall–Kier alpha value is -2.94. The molecule has 0 spiro atoms. The molecule has 1 amide bonds. The molecule has 0 atom stereocenters. The van der Waals surface area contributed by atoms with Gasteiger partial charge in [0.2, 0.25) is 0 Å². The van der Waals surface area contributed by atoms with E-state index in [1.54, 1.807) is 51.4 Å². The van der Waals surface area contributed by atoms with Crippen LogP contribution in [0, 0.1) is 5.82 Å². The smallest absolute Gasteiger partial charge is 0.416 e. The fraction of sp³-hybridized carbons (Fsp3) is 0.333. The van der Waals surface area contributed by atoms with Crippen LogP contribution < -0.4 is 4.90 Å². The Morgan fingerprint density at radius 1 is 1.23 bits per heavy atom. The Labute approximate surface area is 174 Å². The number of ether oxygens (including phenoxy) is 1. The Morgan fingerprint density at radius 2 is 1.97 bits per heavy atom. The largest absolute Gasteiger partial charge is 0.443 e. The SMILES string of the molecule is CC(C)(C)OC(=O)N(CCS(C)(=O)=O)c1ccc(-c2c[nH]c3cc(F)ccc23)cn1. The number of hydrogen-bond acceptors (Lipinski definition) is 5. The van der Waals surface area contributed by atoms with Crippen LogP contribution >= 0.6 is 0 Å². The van der Waals surface area contributed by atoms with Crippen LogP contribution in [-0.4, -0.2) is 48.6 Å². The number of rotatable bonds is 5. The molecule has 2 aromatic heterocycles. The maximum atomic E-state index is 13.4. The van der Waals surface area contributed by atoms with Crippen molar-refractivity contribution in [2.45, 2.75) is 26.4 Å². The highest BCUT2D eigenvalue weighted by Crippen LogP contribution is 2.29. The number of amides is 1. The first-order valence-electron chi connectivity index (χ1n) is 9.34. The predicted molar refractivity (Wildman–Crippen MR) is 115 cm³/mol. The van der Waals surface area contributed by atoms with Gasteiger partial charge in [-0.25, -0.2) is 22.6 Å². The molecule has 0 fully saturated rings. The van der Waals surface area contributed by atoms with Gasteiger partial charge in [0, 0.05) is 47.2 Å². The third kappa shape index (κ3) is 5.35. The molecule has 30 heavy (non-hydrogen) atoms. The Kier molecular flexibility index (Phi) is 5.85. The van der Waals surface area contributed by atoms with E-state index in [0.717, 1.165) is 22.8 Å². The summed E-state index contributed by atoms with van der Waals surface area (Å²) in [4.78, 5) is 21.2. The number of anilines is 1. The third-order valence-corrected chi connectivity index (χ3v) is 5.20. The van der Waals surface area contributed by atoms with E-state index in [1.807, 2.05) is 0 Å². The Morgan fingerprint density at radius 3 is 2.57 bits per heavy atom. The van der Waals surface area contributed by atoms with Crippen molar-refractivity contribution in [1.82, 2.24) is 9.97 Å². The number of sulfone groups is 1. The van der Waals surface area contributed by atoms with E-state index in [9.17, 15) is 17.6 Å². The van der Waals surface area contributed by atoms with Crippen molar-refractivity contribution in [2.75, 3.05) is 23.5 Å². The molecule has 0 saturated carbocycles. The van der Waals surface area contributed by atoms with Crippen LogP contribution in [0.4, 0.5) is 15.0 Å². The van der Waals surface area contributed by atoms with Crippen molar-refractivity contribution in [2.24, 2.45) is 0 Å². The molecule has 7 nitrogen and oxygen atoms in total. The van der Waals surface area contributed by atoms with Crippen LogP contribution in [0.3, 0.4) is 0 Å². The van der Waals surface area contributed by atoms with Gasteiger partial charge in [-0.05, 0) is 51.1 Å². The zero-order chi connectivity index (χ0) is 22.1. The highest BCUT2D eigenvalue weighted by atomic mass is 32.2. The summed E-state index contributed by atoms with van der Waals surface area (Å²) in [5.41, 5.74) is 1.53. The highest BCUT2D eigenvalue weighted by molar-refractivity contribution is 7.90. The van der Waals surface area contributed by atoms with Gasteiger partial charge in [-0.15, -0.1) is 0 Å². The van der Waals surface area contributed by atoms with Gasteiger partial charge in [0.25, 0.3) is 0 Å². The van der Waals surface area contributed by atoms with E-state index in [0.29, 0.717) is 5.52 Å². The number of benzene rings is 1. The molecular weight excluding hydrogens is 409 g/mol. The fourth-order valence-corrected chi connectivity index (χ4v) is 3.43. The number of fused-ring (bicyclic) bond motifs is 1. The number of carbonyl (C=O) groups excluding carboxylic acids is 1. The molecule has 160 valence electrons. The minimum Gasteiger partial charge on any atom is -0.443 e. The molecule has 0 bridgehead atoms. The number of hydrogen-bond donors (Lipinski definition) is 1. The zero-order valence-electron chi connectivity index (χ0n) is 17.3. The van der Waals surface area contributed by atoms with E-state index < -0.39 is 21.5 Å². The van der Waals surface area contributed by atoms with Crippen LogP contribution in [0.25, 0.3) is 22.0 Å². The highest BCUT2D eigenvalue weighted by Gasteiger charge is 2.25. The number of aromatic nitrogens is 2. The standard InChI is InChI=1S/C21H24FN3O4S/c1-21(2,3)29-20(26)25(9-10-30(4,27)28)19-8-5-14(12-24-19)17-13-23-18-11-15(22)6-7-16(17)18/h5-8,11-13,23H,9-10H2,1-4H3. The van der Waals surface area contributed by atoms with Crippen LogP contribution in [0.2, 0.25) is 0 Å². The molecule has 0 unspecified atom stereocenters. The van der Waals surface area contributed by atoms with Crippen molar-refractivity contribution in [1.29, 1.82) is 0 Å². The number of carbonyl (C=O) groups is 1. The van der Waals surface area contributed by atoms with Crippen LogP contribution in [0.1, 0.15) is 20.8 Å². The van der Waals surface area contributed by atoms with E-state index >= 15 is 0 Å². The van der Waals surface area contributed by atoms with Crippen LogP contribution in [0.5, 0.6) is 0 Å². The van der Waals surface area contributed by atoms with E-state index in [2.05, 4.69) is 9.97 Å². The van der Waals surface area contributed by atoms with Crippen molar-refractivity contribution < 1.29 is 22.3 Å². The van der Waals surface area contributed by atoms with Gasteiger partial charge >= 0.3 is 6.09 Å². The minimum atomic E-state index is -3.29. The first-order chi connectivity index (χ1) is 13.9. The van der Waals surface area contributed by atoms with Crippen molar-refractivity contribution in [3.05, 3.63) is 48.5 Å². The summed E-state index contributed by atoms with van der Waals surface area (Å²) in [5, 5.41) is 0.840. The maximum Gasteiger partial charge on any atom is 0.416 e. The summed E-state index contributed by atoms with van der Waals surface area (Å²) in [5.74, 6) is -0.269. The monoisotopic (exact) mass is 433 g/mol. The van der Waals surface area contributed by atoms with Gasteiger partial charge in [0.15, 0.2) is 0 Å².